The van der Waals surface area contributed by atoms with Gasteiger partial charge in [0.25, 0.3) is 0 Å². The Labute approximate surface area is 141 Å². The summed E-state index contributed by atoms with van der Waals surface area (Å²) in [5.41, 5.74) is -1.62. The molecule has 4 nitrogen and oxygen atoms in total. The minimum atomic E-state index is -2.10. The third-order valence-corrected chi connectivity index (χ3v) is 3.78. The number of carbonyl (C=O) groups excluding carboxylic acids is 2. The van der Waals surface area contributed by atoms with E-state index in [1.165, 1.54) is 13.8 Å². The third kappa shape index (κ3) is 3.88. The van der Waals surface area contributed by atoms with E-state index in [4.69, 9.17) is 4.74 Å². The number of hydrogen-bond acceptors (Lipinski definition) is 4. The van der Waals surface area contributed by atoms with E-state index >= 15 is 0 Å². The Bertz CT molecular complexity index is 729. The molecule has 2 rings (SSSR count). The molecule has 0 amide bonds. The standard InChI is InChI=1S/C17H17F4NO3/c1-3-9-11(13(19)15(21)14(20)12(9)18)16(23)10(17(24)25-4-2)7-22-8-5-6-8/h7-8,10H,3-6H2,1-2H3. The van der Waals surface area contributed by atoms with Crippen LogP contribution in [-0.4, -0.2) is 30.6 Å². The second-order valence-corrected chi connectivity index (χ2v) is 5.59. The number of ketones is 1. The molecule has 1 aliphatic rings. The van der Waals surface area contributed by atoms with Gasteiger partial charge in [0.15, 0.2) is 35.0 Å². The van der Waals surface area contributed by atoms with E-state index in [-0.39, 0.29) is 19.1 Å². The molecule has 1 aromatic carbocycles. The molecule has 0 aromatic heterocycles. The van der Waals surface area contributed by atoms with Gasteiger partial charge in [-0.1, -0.05) is 6.92 Å². The number of Topliss-reactive ketones (excluding diaryl/α,β-unsaturated/α-hetero) is 1. The average Bonchev–Trinajstić information content (AvgIpc) is 3.40. The number of ether oxygens (including phenoxy) is 1. The highest BCUT2D eigenvalue weighted by Crippen LogP contribution is 2.28. The average molecular weight is 359 g/mol. The first-order valence-corrected chi connectivity index (χ1v) is 7.92. The molecule has 0 spiro atoms. The van der Waals surface area contributed by atoms with Gasteiger partial charge >= 0.3 is 5.97 Å². The molecule has 1 atom stereocenters. The highest BCUT2D eigenvalue weighted by molar-refractivity contribution is 6.19. The quantitative estimate of drug-likeness (QED) is 0.143. The van der Waals surface area contributed by atoms with E-state index in [2.05, 4.69) is 4.99 Å². The minimum absolute atomic E-state index is 0.0399. The van der Waals surface area contributed by atoms with E-state index in [9.17, 15) is 27.2 Å². The summed E-state index contributed by atoms with van der Waals surface area (Å²) in [7, 11) is 0. The lowest BCUT2D eigenvalue weighted by Crippen LogP contribution is -2.30. The van der Waals surface area contributed by atoms with Crippen molar-refractivity contribution >= 4 is 18.0 Å². The molecule has 0 bridgehead atoms. The predicted molar refractivity (Wildman–Crippen MR) is 81.6 cm³/mol. The van der Waals surface area contributed by atoms with Crippen molar-refractivity contribution in [3.8, 4) is 0 Å². The summed E-state index contributed by atoms with van der Waals surface area (Å²) in [5.74, 6) is -11.4. The summed E-state index contributed by atoms with van der Waals surface area (Å²) in [6.45, 7) is 2.81. The molecule has 0 N–H and O–H groups in total. The van der Waals surface area contributed by atoms with Gasteiger partial charge in [-0.15, -0.1) is 0 Å². The van der Waals surface area contributed by atoms with Gasteiger partial charge in [0.2, 0.25) is 0 Å². The normalized spacial score (nSPS) is 15.4. The molecule has 25 heavy (non-hydrogen) atoms. The number of nitrogens with zero attached hydrogens (tertiary/aromatic N) is 1. The second kappa shape index (κ2) is 7.76. The summed E-state index contributed by atoms with van der Waals surface area (Å²) in [4.78, 5) is 28.6. The van der Waals surface area contributed by atoms with Crippen LogP contribution in [0.3, 0.4) is 0 Å². The molecule has 1 saturated carbocycles. The third-order valence-electron chi connectivity index (χ3n) is 3.78. The summed E-state index contributed by atoms with van der Waals surface area (Å²) < 4.78 is 59.8. The first-order chi connectivity index (χ1) is 11.8. The Kier molecular flexibility index (Phi) is 5.92. The van der Waals surface area contributed by atoms with Crippen LogP contribution < -0.4 is 0 Å². The predicted octanol–water partition coefficient (Wildman–Crippen LogP) is 3.40. The zero-order valence-corrected chi connectivity index (χ0v) is 13.7. The minimum Gasteiger partial charge on any atom is -0.465 e. The maximum atomic E-state index is 14.2. The zero-order chi connectivity index (χ0) is 18.7. The molecular formula is C17H17F4NO3. The van der Waals surface area contributed by atoms with Crippen LogP contribution in [0, 0.1) is 29.2 Å². The highest BCUT2D eigenvalue weighted by Gasteiger charge is 2.35. The first kappa shape index (κ1) is 19.1. The Morgan fingerprint density at radius 1 is 1.12 bits per heavy atom. The van der Waals surface area contributed by atoms with Crippen molar-refractivity contribution in [1.82, 2.24) is 0 Å². The number of hydrogen-bond donors (Lipinski definition) is 0. The molecule has 0 heterocycles. The van der Waals surface area contributed by atoms with E-state index in [0.717, 1.165) is 19.1 Å². The molecule has 136 valence electrons. The van der Waals surface area contributed by atoms with Crippen molar-refractivity contribution < 1.29 is 31.9 Å². The molecular weight excluding hydrogens is 342 g/mol. The van der Waals surface area contributed by atoms with E-state index in [0.29, 0.717) is 0 Å². The molecule has 1 fully saturated rings. The Hall–Kier alpha value is -2.25. The van der Waals surface area contributed by atoms with Gasteiger partial charge in [-0.2, -0.15) is 0 Å². The number of rotatable bonds is 7. The summed E-state index contributed by atoms with van der Waals surface area (Å²) in [6, 6.07) is -0.0399. The number of halogens is 4. The fourth-order valence-corrected chi connectivity index (χ4v) is 2.32. The van der Waals surface area contributed by atoms with Crippen LogP contribution in [0.2, 0.25) is 0 Å². The highest BCUT2D eigenvalue weighted by atomic mass is 19.2. The van der Waals surface area contributed by atoms with Gasteiger partial charge in [-0.05, 0) is 26.2 Å². The largest absolute Gasteiger partial charge is 0.465 e. The van der Waals surface area contributed by atoms with Crippen LogP contribution in [0.25, 0.3) is 0 Å². The van der Waals surface area contributed by atoms with Crippen molar-refractivity contribution in [3.63, 3.8) is 0 Å². The van der Waals surface area contributed by atoms with Gasteiger partial charge in [0.1, 0.15) is 0 Å². The zero-order valence-electron chi connectivity index (χ0n) is 13.7. The van der Waals surface area contributed by atoms with Gasteiger partial charge in [-0.25, -0.2) is 17.6 Å². The molecule has 8 heteroatoms. The van der Waals surface area contributed by atoms with Gasteiger partial charge in [-0.3, -0.25) is 14.6 Å². The number of benzene rings is 1. The Balaban J connectivity index is 2.52. The lowest BCUT2D eigenvalue weighted by molar-refractivity contribution is -0.143. The van der Waals surface area contributed by atoms with E-state index < -0.39 is 52.1 Å². The lowest BCUT2D eigenvalue weighted by atomic mass is 9.92. The molecule has 0 saturated heterocycles. The molecule has 0 radical (unpaired) electrons. The van der Waals surface area contributed by atoms with Gasteiger partial charge in [0, 0.05) is 17.8 Å². The fraction of sp³-hybridized carbons (Fsp3) is 0.471. The van der Waals surface area contributed by atoms with E-state index in [1.807, 2.05) is 0 Å². The summed E-state index contributed by atoms with van der Waals surface area (Å²) in [6.07, 6.45) is 2.32. The van der Waals surface area contributed by atoms with Crippen molar-refractivity contribution in [2.24, 2.45) is 10.9 Å². The summed E-state index contributed by atoms with van der Waals surface area (Å²) in [5, 5.41) is 0. The van der Waals surface area contributed by atoms with Crippen LogP contribution in [0.5, 0.6) is 0 Å². The topological polar surface area (TPSA) is 55.7 Å². The Morgan fingerprint density at radius 2 is 1.72 bits per heavy atom. The van der Waals surface area contributed by atoms with Crippen LogP contribution in [0.15, 0.2) is 4.99 Å². The number of esters is 1. The maximum Gasteiger partial charge on any atom is 0.322 e. The molecule has 1 aliphatic carbocycles. The van der Waals surface area contributed by atoms with Crippen LogP contribution in [0.4, 0.5) is 17.6 Å². The lowest BCUT2D eigenvalue weighted by Gasteiger charge is -2.15. The van der Waals surface area contributed by atoms with Gasteiger partial charge in [0.05, 0.1) is 12.2 Å². The number of carbonyl (C=O) groups is 2. The van der Waals surface area contributed by atoms with Gasteiger partial charge < -0.3 is 4.74 Å². The monoisotopic (exact) mass is 359 g/mol. The van der Waals surface area contributed by atoms with Crippen LogP contribution in [-0.2, 0) is 16.0 Å². The SMILES string of the molecule is CCOC(=O)C(C=NC1CC1)C(=O)c1c(F)c(F)c(F)c(F)c1CC. The fourth-order valence-electron chi connectivity index (χ4n) is 2.32. The van der Waals surface area contributed by atoms with Crippen LogP contribution >= 0.6 is 0 Å². The van der Waals surface area contributed by atoms with Crippen LogP contribution in [0.1, 0.15) is 42.6 Å². The van der Waals surface area contributed by atoms with Crippen molar-refractivity contribution in [2.45, 2.75) is 39.2 Å². The first-order valence-electron chi connectivity index (χ1n) is 7.92. The molecule has 0 aliphatic heterocycles. The van der Waals surface area contributed by atoms with Crippen molar-refractivity contribution in [1.29, 1.82) is 0 Å². The summed E-state index contributed by atoms with van der Waals surface area (Å²) >= 11 is 0. The molecule has 1 unspecified atom stereocenters. The molecule has 1 aromatic rings. The Morgan fingerprint density at radius 3 is 2.24 bits per heavy atom. The number of aliphatic imine (C=N–C) groups is 1. The smallest absolute Gasteiger partial charge is 0.322 e. The maximum absolute atomic E-state index is 14.2. The van der Waals surface area contributed by atoms with E-state index in [1.54, 1.807) is 0 Å². The van der Waals surface area contributed by atoms with Crippen molar-refractivity contribution in [2.75, 3.05) is 6.61 Å². The second-order valence-electron chi connectivity index (χ2n) is 5.59. The van der Waals surface area contributed by atoms with Crippen molar-refractivity contribution in [3.05, 3.63) is 34.4 Å².